The van der Waals surface area contributed by atoms with Gasteiger partial charge in [-0.05, 0) is 30.3 Å². The molecule has 1 aromatic carbocycles. The minimum atomic E-state index is -4.72. The van der Waals surface area contributed by atoms with Crippen LogP contribution in [0.25, 0.3) is 5.82 Å². The van der Waals surface area contributed by atoms with Gasteiger partial charge >= 0.3 is 6.18 Å². The molecule has 2 heterocycles. The van der Waals surface area contributed by atoms with Gasteiger partial charge in [0.15, 0.2) is 5.82 Å². The van der Waals surface area contributed by atoms with Crippen molar-refractivity contribution in [2.45, 2.75) is 17.6 Å². The second-order valence-corrected chi connectivity index (χ2v) is 7.89. The van der Waals surface area contributed by atoms with Crippen molar-refractivity contribution in [3.63, 3.8) is 0 Å². The van der Waals surface area contributed by atoms with Gasteiger partial charge in [-0.2, -0.15) is 18.3 Å². The molecule has 0 fully saturated rings. The van der Waals surface area contributed by atoms with E-state index >= 15 is 0 Å². The van der Waals surface area contributed by atoms with E-state index in [1.807, 2.05) is 0 Å². The summed E-state index contributed by atoms with van der Waals surface area (Å²) in [5, 5.41) is 7.68. The summed E-state index contributed by atoms with van der Waals surface area (Å²) in [7, 11) is -4.35. The molecule has 0 aliphatic rings. The lowest BCUT2D eigenvalue weighted by molar-refractivity contribution is -0.137. The van der Waals surface area contributed by atoms with E-state index in [0.717, 1.165) is 10.7 Å². The number of rotatable bonds is 6. The predicted octanol–water partition coefficient (Wildman–Crippen LogP) is 2.08. The van der Waals surface area contributed by atoms with Crippen molar-refractivity contribution in [2.75, 3.05) is 6.54 Å². The molecular weight excluding hydrogens is 435 g/mol. The van der Waals surface area contributed by atoms with E-state index < -0.39 is 32.2 Å². The molecule has 0 aliphatic heterocycles. The Morgan fingerprint density at radius 1 is 1.17 bits per heavy atom. The zero-order chi connectivity index (χ0) is 21.2. The quantitative estimate of drug-likeness (QED) is 0.623. The van der Waals surface area contributed by atoms with Crippen molar-refractivity contribution in [1.29, 1.82) is 0 Å². The smallest absolute Gasteiger partial charge is 0.268 e. The maximum Gasteiger partial charge on any atom is 0.416 e. The molecule has 0 atom stereocenters. The summed E-state index contributed by atoms with van der Waals surface area (Å²) >= 11 is 5.77. The maximum atomic E-state index is 12.8. The SMILES string of the molecule is O=c1ccc(-n2cccn2)nn1CCNS(=O)(=O)c1cc(C(F)(F)F)ccc1Cl. The number of benzene rings is 1. The maximum absolute atomic E-state index is 12.8. The van der Waals surface area contributed by atoms with Crippen LogP contribution in [0.15, 0.2) is 58.5 Å². The minimum absolute atomic E-state index is 0.163. The molecule has 29 heavy (non-hydrogen) atoms. The van der Waals surface area contributed by atoms with Crippen molar-refractivity contribution < 1.29 is 21.6 Å². The summed E-state index contributed by atoms with van der Waals surface area (Å²) in [6.45, 7) is -0.464. The van der Waals surface area contributed by atoms with Crippen molar-refractivity contribution in [2.24, 2.45) is 0 Å². The van der Waals surface area contributed by atoms with Crippen LogP contribution in [0.2, 0.25) is 5.02 Å². The highest BCUT2D eigenvalue weighted by Crippen LogP contribution is 2.33. The van der Waals surface area contributed by atoms with E-state index in [1.54, 1.807) is 12.3 Å². The van der Waals surface area contributed by atoms with Gasteiger partial charge in [-0.15, -0.1) is 5.10 Å². The largest absolute Gasteiger partial charge is 0.416 e. The Labute approximate surface area is 167 Å². The molecule has 0 aliphatic carbocycles. The molecule has 154 valence electrons. The van der Waals surface area contributed by atoms with E-state index in [1.165, 1.54) is 23.0 Å². The molecule has 2 aromatic heterocycles. The number of sulfonamides is 1. The Morgan fingerprint density at radius 2 is 1.93 bits per heavy atom. The highest BCUT2D eigenvalue weighted by Gasteiger charge is 2.32. The molecule has 0 bridgehead atoms. The molecule has 0 saturated heterocycles. The molecular formula is C16H13ClF3N5O3S. The average Bonchev–Trinajstić information content (AvgIpc) is 3.17. The fourth-order valence-corrected chi connectivity index (χ4v) is 3.92. The molecule has 3 rings (SSSR count). The number of hydrogen-bond acceptors (Lipinski definition) is 5. The first-order chi connectivity index (χ1) is 13.6. The molecule has 1 N–H and O–H groups in total. The normalized spacial score (nSPS) is 12.3. The van der Waals surface area contributed by atoms with Gasteiger partial charge in [-0.3, -0.25) is 4.79 Å². The van der Waals surface area contributed by atoms with Gasteiger partial charge in [-0.1, -0.05) is 11.6 Å². The number of nitrogens with zero attached hydrogens (tertiary/aromatic N) is 4. The predicted molar refractivity (Wildman–Crippen MR) is 97.3 cm³/mol. The van der Waals surface area contributed by atoms with Gasteiger partial charge in [0.2, 0.25) is 10.0 Å². The Morgan fingerprint density at radius 3 is 2.59 bits per heavy atom. The van der Waals surface area contributed by atoms with Crippen molar-refractivity contribution in [3.8, 4) is 5.82 Å². The zero-order valence-corrected chi connectivity index (χ0v) is 16.0. The highest BCUT2D eigenvalue weighted by molar-refractivity contribution is 7.89. The summed E-state index contributed by atoms with van der Waals surface area (Å²) in [4.78, 5) is 11.2. The average molecular weight is 448 g/mol. The Bertz CT molecular complexity index is 1180. The minimum Gasteiger partial charge on any atom is -0.268 e. The third-order valence-electron chi connectivity index (χ3n) is 3.76. The van der Waals surface area contributed by atoms with E-state index in [0.29, 0.717) is 18.0 Å². The first kappa shape index (κ1) is 21.0. The first-order valence-electron chi connectivity index (χ1n) is 8.02. The van der Waals surface area contributed by atoms with Crippen molar-refractivity contribution in [3.05, 3.63) is 69.7 Å². The van der Waals surface area contributed by atoms with Crippen molar-refractivity contribution in [1.82, 2.24) is 24.3 Å². The van der Waals surface area contributed by atoms with E-state index in [-0.39, 0.29) is 18.1 Å². The Balaban J connectivity index is 1.77. The molecule has 0 saturated carbocycles. The summed E-state index contributed by atoms with van der Waals surface area (Å²) in [5.41, 5.74) is -1.63. The number of nitrogens with one attached hydrogen (secondary N) is 1. The van der Waals surface area contributed by atoms with Crippen LogP contribution in [-0.2, 0) is 22.7 Å². The topological polar surface area (TPSA) is 98.9 Å². The molecule has 0 radical (unpaired) electrons. The number of alkyl halides is 3. The fraction of sp³-hybridized carbons (Fsp3) is 0.188. The summed E-state index contributed by atoms with van der Waals surface area (Å²) in [5.74, 6) is 0.332. The Kier molecular flexibility index (Phi) is 5.78. The fourth-order valence-electron chi connectivity index (χ4n) is 2.37. The van der Waals surface area contributed by atoms with Gasteiger partial charge in [0.25, 0.3) is 5.56 Å². The van der Waals surface area contributed by atoms with Crippen LogP contribution < -0.4 is 10.3 Å². The number of halogens is 4. The lowest BCUT2D eigenvalue weighted by atomic mass is 10.2. The second kappa shape index (κ2) is 7.97. The molecule has 0 amide bonds. The van der Waals surface area contributed by atoms with E-state index in [4.69, 9.17) is 11.6 Å². The van der Waals surface area contributed by atoms with Crippen LogP contribution >= 0.6 is 11.6 Å². The summed E-state index contributed by atoms with van der Waals surface area (Å²) in [6, 6.07) is 6.34. The lowest BCUT2D eigenvalue weighted by Crippen LogP contribution is -2.32. The van der Waals surface area contributed by atoms with Crippen LogP contribution in [0.4, 0.5) is 13.2 Å². The Hall–Kier alpha value is -2.70. The van der Waals surface area contributed by atoms with Crippen LogP contribution in [0.5, 0.6) is 0 Å². The molecule has 8 nitrogen and oxygen atoms in total. The molecule has 13 heteroatoms. The van der Waals surface area contributed by atoms with Gasteiger partial charge < -0.3 is 0 Å². The molecule has 0 spiro atoms. The zero-order valence-electron chi connectivity index (χ0n) is 14.5. The van der Waals surface area contributed by atoms with Gasteiger partial charge in [0.1, 0.15) is 4.90 Å². The van der Waals surface area contributed by atoms with Crippen LogP contribution in [-0.4, -0.2) is 34.5 Å². The third kappa shape index (κ3) is 4.83. The standard InChI is InChI=1S/C16H13ClF3N5O3S/c17-12-3-2-11(16(18,19)20)10-13(12)29(27,28)22-7-9-25-15(26)5-4-14(23-25)24-8-1-6-21-24/h1-6,8,10,22H,7,9H2. The van der Waals surface area contributed by atoms with E-state index in [2.05, 4.69) is 14.9 Å². The monoisotopic (exact) mass is 447 g/mol. The summed E-state index contributed by atoms with van der Waals surface area (Å²) < 4.78 is 67.8. The van der Waals surface area contributed by atoms with Crippen LogP contribution in [0, 0.1) is 0 Å². The van der Waals surface area contributed by atoms with E-state index in [9.17, 15) is 26.4 Å². The van der Waals surface area contributed by atoms with Crippen molar-refractivity contribution >= 4 is 21.6 Å². The number of hydrogen-bond donors (Lipinski definition) is 1. The third-order valence-corrected chi connectivity index (χ3v) is 5.70. The first-order valence-corrected chi connectivity index (χ1v) is 9.89. The van der Waals surface area contributed by atoms with Gasteiger partial charge in [0.05, 0.1) is 17.1 Å². The van der Waals surface area contributed by atoms with Crippen LogP contribution in [0.1, 0.15) is 5.56 Å². The van der Waals surface area contributed by atoms with Gasteiger partial charge in [-0.25, -0.2) is 22.5 Å². The summed E-state index contributed by atoms with van der Waals surface area (Å²) in [6.07, 6.45) is -1.60. The molecule has 0 unspecified atom stereocenters. The lowest BCUT2D eigenvalue weighted by Gasteiger charge is -2.12. The van der Waals surface area contributed by atoms with Crippen LogP contribution in [0.3, 0.4) is 0 Å². The number of aromatic nitrogens is 4. The highest BCUT2D eigenvalue weighted by atomic mass is 35.5. The van der Waals surface area contributed by atoms with Gasteiger partial charge in [0, 0.05) is 25.0 Å². The molecule has 3 aromatic rings. The second-order valence-electron chi connectivity index (χ2n) is 5.74.